The fraction of sp³-hybridized carbons (Fsp3) is 0.333. The molecule has 1 unspecified atom stereocenters. The molecule has 0 aliphatic rings. The van der Waals surface area contributed by atoms with Crippen LogP contribution in [-0.2, 0) is 27.4 Å². The third-order valence-corrected chi connectivity index (χ3v) is 4.39. The first-order valence-corrected chi connectivity index (χ1v) is 9.88. The van der Waals surface area contributed by atoms with E-state index < -0.39 is 18.0 Å². The first kappa shape index (κ1) is 23.0. The van der Waals surface area contributed by atoms with Gasteiger partial charge in [-0.15, -0.1) is 0 Å². The van der Waals surface area contributed by atoms with Gasteiger partial charge in [0.2, 0.25) is 6.10 Å². The molecule has 0 aliphatic carbocycles. The van der Waals surface area contributed by atoms with Crippen molar-refractivity contribution in [2.75, 3.05) is 7.11 Å². The second kappa shape index (κ2) is 11.7. The SMILES string of the molecule is CCCC=Cc1ccc(OCc2ccc(OC)cc2)c(CC(OC(C)=O)C(=O)O)c1. The first-order chi connectivity index (χ1) is 14.4. The third kappa shape index (κ3) is 7.28. The second-order valence-corrected chi connectivity index (χ2v) is 6.84. The normalized spacial score (nSPS) is 11.8. The van der Waals surface area contributed by atoms with Crippen molar-refractivity contribution in [3.8, 4) is 11.5 Å². The summed E-state index contributed by atoms with van der Waals surface area (Å²) >= 11 is 0. The summed E-state index contributed by atoms with van der Waals surface area (Å²) in [6.07, 6.45) is 4.79. The number of rotatable bonds is 11. The number of esters is 1. The molecule has 0 saturated heterocycles. The second-order valence-electron chi connectivity index (χ2n) is 6.84. The highest BCUT2D eigenvalue weighted by Gasteiger charge is 2.23. The fourth-order valence-electron chi connectivity index (χ4n) is 2.85. The molecule has 0 fully saturated rings. The third-order valence-electron chi connectivity index (χ3n) is 4.39. The summed E-state index contributed by atoms with van der Waals surface area (Å²) in [5, 5.41) is 9.43. The van der Waals surface area contributed by atoms with Gasteiger partial charge in [-0.2, -0.15) is 0 Å². The van der Waals surface area contributed by atoms with E-state index in [1.165, 1.54) is 6.92 Å². The van der Waals surface area contributed by atoms with Crippen LogP contribution < -0.4 is 9.47 Å². The number of allylic oxidation sites excluding steroid dienone is 1. The van der Waals surface area contributed by atoms with Gasteiger partial charge >= 0.3 is 11.9 Å². The summed E-state index contributed by atoms with van der Waals surface area (Å²) in [6, 6.07) is 13.1. The lowest BCUT2D eigenvalue weighted by atomic mass is 10.0. The van der Waals surface area contributed by atoms with Gasteiger partial charge < -0.3 is 19.3 Å². The molecule has 0 aliphatic heterocycles. The van der Waals surface area contributed by atoms with Crippen LogP contribution in [0.2, 0.25) is 0 Å². The fourth-order valence-corrected chi connectivity index (χ4v) is 2.85. The summed E-state index contributed by atoms with van der Waals surface area (Å²) in [7, 11) is 1.61. The quantitative estimate of drug-likeness (QED) is 0.541. The maximum atomic E-state index is 11.5. The van der Waals surface area contributed by atoms with Crippen LogP contribution in [0.15, 0.2) is 48.5 Å². The van der Waals surface area contributed by atoms with E-state index in [0.717, 1.165) is 29.7 Å². The number of benzene rings is 2. The lowest BCUT2D eigenvalue weighted by Gasteiger charge is -2.17. The molecule has 2 aromatic rings. The number of methoxy groups -OCH3 is 1. The van der Waals surface area contributed by atoms with Crippen molar-refractivity contribution in [3.63, 3.8) is 0 Å². The molecule has 2 aromatic carbocycles. The van der Waals surface area contributed by atoms with Crippen molar-refractivity contribution in [3.05, 3.63) is 65.2 Å². The smallest absolute Gasteiger partial charge is 0.345 e. The number of carboxylic acids is 1. The van der Waals surface area contributed by atoms with Gasteiger partial charge in [0.1, 0.15) is 18.1 Å². The Kier molecular flexibility index (Phi) is 8.94. The predicted molar refractivity (Wildman–Crippen MR) is 115 cm³/mol. The molecule has 6 heteroatoms. The number of unbranched alkanes of at least 4 members (excludes halogenated alkanes) is 1. The van der Waals surface area contributed by atoms with Gasteiger partial charge in [-0.05, 0) is 47.4 Å². The molecule has 30 heavy (non-hydrogen) atoms. The molecule has 160 valence electrons. The van der Waals surface area contributed by atoms with Gasteiger partial charge in [-0.1, -0.05) is 43.7 Å². The minimum Gasteiger partial charge on any atom is -0.497 e. The zero-order valence-electron chi connectivity index (χ0n) is 17.6. The lowest BCUT2D eigenvalue weighted by Crippen LogP contribution is -2.28. The van der Waals surface area contributed by atoms with Crippen LogP contribution in [0.3, 0.4) is 0 Å². The maximum absolute atomic E-state index is 11.5. The van der Waals surface area contributed by atoms with E-state index in [0.29, 0.717) is 17.9 Å². The molecule has 0 heterocycles. The van der Waals surface area contributed by atoms with Gasteiger partial charge in [0, 0.05) is 13.3 Å². The molecule has 0 saturated carbocycles. The Morgan fingerprint density at radius 3 is 2.47 bits per heavy atom. The molecule has 1 N–H and O–H groups in total. The van der Waals surface area contributed by atoms with Crippen molar-refractivity contribution in [2.45, 2.75) is 45.8 Å². The Morgan fingerprint density at radius 1 is 1.13 bits per heavy atom. The monoisotopic (exact) mass is 412 g/mol. The molecule has 0 spiro atoms. The highest BCUT2D eigenvalue weighted by atomic mass is 16.6. The first-order valence-electron chi connectivity index (χ1n) is 9.88. The molecule has 2 rings (SSSR count). The van der Waals surface area contributed by atoms with Gasteiger partial charge in [0.15, 0.2) is 0 Å². The summed E-state index contributed by atoms with van der Waals surface area (Å²) < 4.78 is 16.1. The van der Waals surface area contributed by atoms with Crippen LogP contribution in [0.1, 0.15) is 43.4 Å². The Hall–Kier alpha value is -3.28. The number of hydrogen-bond acceptors (Lipinski definition) is 5. The zero-order chi connectivity index (χ0) is 21.9. The molecule has 0 radical (unpaired) electrons. The Bertz CT molecular complexity index is 870. The minimum atomic E-state index is -1.28. The zero-order valence-corrected chi connectivity index (χ0v) is 17.6. The van der Waals surface area contributed by atoms with Crippen molar-refractivity contribution in [2.24, 2.45) is 0 Å². The summed E-state index contributed by atoms with van der Waals surface area (Å²) in [5.41, 5.74) is 2.54. The average Bonchev–Trinajstić information content (AvgIpc) is 2.73. The van der Waals surface area contributed by atoms with Crippen molar-refractivity contribution in [1.29, 1.82) is 0 Å². The molecule has 1 atom stereocenters. The van der Waals surface area contributed by atoms with Crippen LogP contribution in [0, 0.1) is 0 Å². The van der Waals surface area contributed by atoms with E-state index in [-0.39, 0.29) is 6.42 Å². The highest BCUT2D eigenvalue weighted by molar-refractivity contribution is 5.77. The summed E-state index contributed by atoms with van der Waals surface area (Å²) in [6.45, 7) is 3.61. The summed E-state index contributed by atoms with van der Waals surface area (Å²) in [5.74, 6) is -0.523. The van der Waals surface area contributed by atoms with E-state index in [1.807, 2.05) is 48.5 Å². The van der Waals surface area contributed by atoms with Gasteiger partial charge in [0.05, 0.1) is 7.11 Å². The van der Waals surface area contributed by atoms with Crippen molar-refractivity contribution in [1.82, 2.24) is 0 Å². The lowest BCUT2D eigenvalue weighted by molar-refractivity contribution is -0.162. The van der Waals surface area contributed by atoms with Gasteiger partial charge in [-0.3, -0.25) is 4.79 Å². The van der Waals surface area contributed by atoms with Gasteiger partial charge in [-0.25, -0.2) is 4.79 Å². The van der Waals surface area contributed by atoms with E-state index >= 15 is 0 Å². The van der Waals surface area contributed by atoms with Crippen molar-refractivity contribution >= 4 is 18.0 Å². The van der Waals surface area contributed by atoms with Crippen LogP contribution in [0.25, 0.3) is 6.08 Å². The van der Waals surface area contributed by atoms with Crippen LogP contribution in [-0.4, -0.2) is 30.3 Å². The van der Waals surface area contributed by atoms with Crippen LogP contribution in [0.4, 0.5) is 0 Å². The maximum Gasteiger partial charge on any atom is 0.345 e. The number of carbonyl (C=O) groups excluding carboxylic acids is 1. The largest absolute Gasteiger partial charge is 0.497 e. The van der Waals surface area contributed by atoms with E-state index in [4.69, 9.17) is 14.2 Å². The van der Waals surface area contributed by atoms with E-state index in [1.54, 1.807) is 7.11 Å². The Morgan fingerprint density at radius 2 is 1.87 bits per heavy atom. The Balaban J connectivity index is 2.24. The standard InChI is InChI=1S/C24H28O6/c1-4-5-6-7-18-10-13-22(29-16-19-8-11-21(28-3)12-9-19)20(14-18)15-23(24(26)27)30-17(2)25/h6-14,23H,4-5,15-16H2,1-3H3,(H,26,27). The molecular weight excluding hydrogens is 384 g/mol. The number of carboxylic acid groups (broad SMARTS) is 1. The molecule has 0 aromatic heterocycles. The predicted octanol–water partition coefficient (Wildman–Crippen LogP) is 4.65. The molecule has 0 bridgehead atoms. The highest BCUT2D eigenvalue weighted by Crippen LogP contribution is 2.25. The summed E-state index contributed by atoms with van der Waals surface area (Å²) in [4.78, 5) is 22.8. The number of carbonyl (C=O) groups is 2. The average molecular weight is 412 g/mol. The topological polar surface area (TPSA) is 82.1 Å². The van der Waals surface area contributed by atoms with Crippen LogP contribution >= 0.6 is 0 Å². The number of aliphatic carboxylic acids is 1. The molecule has 6 nitrogen and oxygen atoms in total. The van der Waals surface area contributed by atoms with Crippen molar-refractivity contribution < 1.29 is 28.9 Å². The van der Waals surface area contributed by atoms with E-state index in [9.17, 15) is 14.7 Å². The van der Waals surface area contributed by atoms with E-state index in [2.05, 4.69) is 13.0 Å². The number of ether oxygens (including phenoxy) is 3. The van der Waals surface area contributed by atoms with Gasteiger partial charge in [0.25, 0.3) is 0 Å². The molecular formula is C24H28O6. The molecule has 0 amide bonds. The minimum absolute atomic E-state index is 0.0162. The van der Waals surface area contributed by atoms with Crippen LogP contribution in [0.5, 0.6) is 11.5 Å². The Labute approximate surface area is 177 Å². The number of hydrogen-bond donors (Lipinski definition) is 1.